The van der Waals surface area contributed by atoms with Gasteiger partial charge in [-0.2, -0.15) is 0 Å². The summed E-state index contributed by atoms with van der Waals surface area (Å²) in [6, 6.07) is 13.9. The van der Waals surface area contributed by atoms with Crippen LogP contribution in [0.5, 0.6) is 0 Å². The van der Waals surface area contributed by atoms with E-state index in [2.05, 4.69) is 9.24 Å². The molecule has 0 aliphatic heterocycles. The van der Waals surface area contributed by atoms with Crippen molar-refractivity contribution in [2.45, 2.75) is 0 Å². The first-order valence-electron chi connectivity index (χ1n) is 4.69. The van der Waals surface area contributed by atoms with Gasteiger partial charge < -0.3 is 11.5 Å². The molecule has 0 radical (unpaired) electrons. The Kier molecular flexibility index (Phi) is 2.61. The average Bonchev–Trinajstić information content (AvgIpc) is 2.27. The van der Waals surface area contributed by atoms with Gasteiger partial charge in [0.15, 0.2) is 0 Å². The largest absolute Gasteiger partial charge is 0.397 e. The first kappa shape index (κ1) is 10.0. The maximum Gasteiger partial charge on any atom is 0.0633 e. The standard InChI is InChI=1S/C12H13N2P/c13-11-9(6-7-10(15)12(11)14)8-4-2-1-3-5-8/h1-7H,13-15H2. The van der Waals surface area contributed by atoms with E-state index in [1.807, 2.05) is 42.5 Å². The summed E-state index contributed by atoms with van der Waals surface area (Å²) in [5, 5.41) is 0.937. The molecule has 0 heterocycles. The summed E-state index contributed by atoms with van der Waals surface area (Å²) in [5.74, 6) is 0. The van der Waals surface area contributed by atoms with Gasteiger partial charge in [0.1, 0.15) is 0 Å². The lowest BCUT2D eigenvalue weighted by atomic mass is 10.0. The zero-order valence-corrected chi connectivity index (χ0v) is 9.43. The van der Waals surface area contributed by atoms with Crippen molar-refractivity contribution < 1.29 is 0 Å². The van der Waals surface area contributed by atoms with Crippen molar-refractivity contribution in [2.24, 2.45) is 0 Å². The van der Waals surface area contributed by atoms with E-state index in [1.165, 1.54) is 0 Å². The van der Waals surface area contributed by atoms with Crippen molar-refractivity contribution in [1.82, 2.24) is 0 Å². The summed E-state index contributed by atoms with van der Waals surface area (Å²) in [6.07, 6.45) is 0. The van der Waals surface area contributed by atoms with Crippen LogP contribution in [0, 0.1) is 0 Å². The highest BCUT2D eigenvalue weighted by molar-refractivity contribution is 7.28. The number of hydrogen-bond donors (Lipinski definition) is 2. The molecule has 2 aromatic rings. The zero-order valence-electron chi connectivity index (χ0n) is 8.27. The minimum Gasteiger partial charge on any atom is -0.397 e. The minimum atomic E-state index is 0.640. The number of anilines is 2. The van der Waals surface area contributed by atoms with Crippen molar-refractivity contribution >= 4 is 25.9 Å². The molecule has 1 unspecified atom stereocenters. The molecule has 2 aromatic carbocycles. The lowest BCUT2D eigenvalue weighted by Gasteiger charge is -2.10. The van der Waals surface area contributed by atoms with Crippen LogP contribution in [0.3, 0.4) is 0 Å². The van der Waals surface area contributed by atoms with Crippen molar-refractivity contribution in [2.75, 3.05) is 11.5 Å². The Morgan fingerprint density at radius 3 is 2.13 bits per heavy atom. The van der Waals surface area contributed by atoms with Crippen LogP contribution in [0.2, 0.25) is 0 Å². The molecule has 0 aliphatic rings. The number of benzene rings is 2. The van der Waals surface area contributed by atoms with E-state index in [4.69, 9.17) is 11.5 Å². The Morgan fingerprint density at radius 1 is 0.800 bits per heavy atom. The second-order valence-corrected chi connectivity index (χ2v) is 4.02. The molecule has 0 fully saturated rings. The summed E-state index contributed by atoms with van der Waals surface area (Å²) < 4.78 is 0. The molecule has 0 saturated carbocycles. The molecule has 1 atom stereocenters. The maximum absolute atomic E-state index is 5.98. The summed E-state index contributed by atoms with van der Waals surface area (Å²) in [4.78, 5) is 0. The highest BCUT2D eigenvalue weighted by Gasteiger charge is 2.06. The first-order valence-corrected chi connectivity index (χ1v) is 5.26. The molecule has 2 rings (SSSR count). The molecular weight excluding hydrogens is 203 g/mol. The predicted molar refractivity (Wildman–Crippen MR) is 70.0 cm³/mol. The fourth-order valence-electron chi connectivity index (χ4n) is 1.52. The van der Waals surface area contributed by atoms with E-state index >= 15 is 0 Å². The second-order valence-electron chi connectivity index (χ2n) is 3.40. The minimum absolute atomic E-state index is 0.640. The topological polar surface area (TPSA) is 52.0 Å². The highest BCUT2D eigenvalue weighted by atomic mass is 31.0. The average molecular weight is 216 g/mol. The van der Waals surface area contributed by atoms with Crippen molar-refractivity contribution in [3.63, 3.8) is 0 Å². The smallest absolute Gasteiger partial charge is 0.0633 e. The number of rotatable bonds is 1. The van der Waals surface area contributed by atoms with Crippen LogP contribution < -0.4 is 16.8 Å². The molecule has 0 spiro atoms. The Hall–Kier alpha value is -1.53. The number of nitrogen functional groups attached to an aromatic ring is 2. The van der Waals surface area contributed by atoms with Crippen molar-refractivity contribution in [3.8, 4) is 11.1 Å². The van der Waals surface area contributed by atoms with Gasteiger partial charge in [0.2, 0.25) is 0 Å². The predicted octanol–water partition coefficient (Wildman–Crippen LogP) is 2.02. The van der Waals surface area contributed by atoms with Crippen LogP contribution in [0.4, 0.5) is 11.4 Å². The molecule has 4 N–H and O–H groups in total. The summed E-state index contributed by atoms with van der Waals surface area (Å²) >= 11 is 0. The normalized spacial score (nSPS) is 10.2. The maximum atomic E-state index is 5.98. The molecule has 0 aromatic heterocycles. The van der Waals surface area contributed by atoms with Crippen LogP contribution in [0.15, 0.2) is 42.5 Å². The Labute approximate surface area is 91.5 Å². The third kappa shape index (κ3) is 1.81. The van der Waals surface area contributed by atoms with Crippen LogP contribution in [-0.4, -0.2) is 0 Å². The molecule has 2 nitrogen and oxygen atoms in total. The van der Waals surface area contributed by atoms with Gasteiger partial charge in [-0.05, 0) is 10.9 Å². The van der Waals surface area contributed by atoms with E-state index in [0.29, 0.717) is 11.4 Å². The van der Waals surface area contributed by atoms with E-state index in [-0.39, 0.29) is 0 Å². The number of hydrogen-bond acceptors (Lipinski definition) is 2. The summed E-state index contributed by atoms with van der Waals surface area (Å²) in [7, 11) is 2.58. The quantitative estimate of drug-likeness (QED) is 0.566. The molecular formula is C12H13N2P. The molecule has 0 aliphatic carbocycles. The van der Waals surface area contributed by atoms with Gasteiger partial charge in [-0.3, -0.25) is 0 Å². The summed E-state index contributed by atoms with van der Waals surface area (Å²) in [5.41, 5.74) is 15.2. The Morgan fingerprint density at radius 2 is 1.47 bits per heavy atom. The third-order valence-corrected chi connectivity index (χ3v) is 2.91. The summed E-state index contributed by atoms with van der Waals surface area (Å²) in [6.45, 7) is 0. The van der Waals surface area contributed by atoms with Gasteiger partial charge >= 0.3 is 0 Å². The monoisotopic (exact) mass is 216 g/mol. The van der Waals surface area contributed by atoms with E-state index in [9.17, 15) is 0 Å². The SMILES string of the molecule is Nc1c(P)ccc(-c2ccccc2)c1N. The lowest BCUT2D eigenvalue weighted by molar-refractivity contribution is 1.62. The molecule has 0 saturated heterocycles. The van der Waals surface area contributed by atoms with E-state index in [1.54, 1.807) is 0 Å². The molecule has 15 heavy (non-hydrogen) atoms. The first-order chi connectivity index (χ1) is 7.20. The molecule has 76 valence electrons. The van der Waals surface area contributed by atoms with Crippen LogP contribution in [0.25, 0.3) is 11.1 Å². The van der Waals surface area contributed by atoms with Crippen molar-refractivity contribution in [3.05, 3.63) is 42.5 Å². The van der Waals surface area contributed by atoms with E-state index < -0.39 is 0 Å². The second kappa shape index (κ2) is 3.92. The number of nitrogens with two attached hydrogens (primary N) is 2. The van der Waals surface area contributed by atoms with Gasteiger partial charge in [-0.15, -0.1) is 9.24 Å². The van der Waals surface area contributed by atoms with Crippen molar-refractivity contribution in [1.29, 1.82) is 0 Å². The lowest BCUT2D eigenvalue weighted by Crippen LogP contribution is -2.06. The molecule has 0 amide bonds. The van der Waals surface area contributed by atoms with Gasteiger partial charge in [0.05, 0.1) is 11.4 Å². The fraction of sp³-hybridized carbons (Fsp3) is 0. The molecule has 3 heteroatoms. The Bertz CT molecular complexity index is 480. The fourth-order valence-corrected chi connectivity index (χ4v) is 1.77. The highest BCUT2D eigenvalue weighted by Crippen LogP contribution is 2.29. The zero-order chi connectivity index (χ0) is 10.8. The van der Waals surface area contributed by atoms with Gasteiger partial charge in [-0.1, -0.05) is 42.5 Å². The third-order valence-electron chi connectivity index (χ3n) is 2.41. The van der Waals surface area contributed by atoms with Gasteiger partial charge in [0, 0.05) is 5.56 Å². The molecule has 0 bridgehead atoms. The van der Waals surface area contributed by atoms with Crippen LogP contribution in [-0.2, 0) is 0 Å². The Balaban J connectivity index is 2.60. The van der Waals surface area contributed by atoms with Crippen LogP contribution >= 0.6 is 9.24 Å². The van der Waals surface area contributed by atoms with Gasteiger partial charge in [-0.25, -0.2) is 0 Å². The van der Waals surface area contributed by atoms with Gasteiger partial charge in [0.25, 0.3) is 0 Å². The van der Waals surface area contributed by atoms with E-state index in [0.717, 1.165) is 16.4 Å². The van der Waals surface area contributed by atoms with Crippen LogP contribution in [0.1, 0.15) is 0 Å².